The summed E-state index contributed by atoms with van der Waals surface area (Å²) >= 11 is 4.84. The quantitative estimate of drug-likeness (QED) is 0.476. The van der Waals surface area contributed by atoms with Crippen LogP contribution in [0.2, 0.25) is 0 Å². The Morgan fingerprint density at radius 2 is 1.94 bits per heavy atom. The fraction of sp³-hybridized carbons (Fsp3) is 0.300. The molecule has 1 rings (SSSR count). The molecule has 0 atom stereocenters. The number of carbonyl (C=O) groups excluding carboxylic acids is 1. The van der Waals surface area contributed by atoms with E-state index in [0.29, 0.717) is 0 Å². The van der Waals surface area contributed by atoms with Gasteiger partial charge in [-0.05, 0) is 35.5 Å². The van der Waals surface area contributed by atoms with Crippen molar-refractivity contribution in [3.05, 3.63) is 29.6 Å². The van der Waals surface area contributed by atoms with Gasteiger partial charge in [0.25, 0.3) is 0 Å². The second-order valence-electron chi connectivity index (χ2n) is 3.19. The summed E-state index contributed by atoms with van der Waals surface area (Å²) < 4.78 is 49.3. The Bertz CT molecular complexity index is 419. The van der Waals surface area contributed by atoms with Crippen molar-refractivity contribution in [2.45, 2.75) is 16.8 Å². The van der Waals surface area contributed by atoms with Crippen LogP contribution in [0.3, 0.4) is 0 Å². The van der Waals surface area contributed by atoms with Crippen LogP contribution in [0.15, 0.2) is 23.1 Å². The van der Waals surface area contributed by atoms with E-state index in [1.807, 2.05) is 0 Å². The highest BCUT2D eigenvalue weighted by molar-refractivity contribution is 8.00. The largest absolute Gasteiger partial charge is 0.446 e. The van der Waals surface area contributed by atoms with E-state index in [2.05, 4.69) is 0 Å². The third-order valence-electron chi connectivity index (χ3n) is 1.72. The number of thioether (sulfide) groups is 1. The zero-order chi connectivity index (χ0) is 13.1. The van der Waals surface area contributed by atoms with Crippen molar-refractivity contribution in [2.75, 3.05) is 5.88 Å². The maximum atomic E-state index is 13.0. The molecule has 0 unspecified atom stereocenters. The molecular formula is C10H7ClF4OS. The lowest BCUT2D eigenvalue weighted by atomic mass is 10.1. The summed E-state index contributed by atoms with van der Waals surface area (Å²) in [6.07, 6.45) is -0.174. The van der Waals surface area contributed by atoms with E-state index in [9.17, 15) is 22.4 Å². The molecule has 0 N–H and O–H groups in total. The molecule has 17 heavy (non-hydrogen) atoms. The molecule has 1 aromatic carbocycles. The average Bonchev–Trinajstić information content (AvgIpc) is 2.13. The summed E-state index contributed by atoms with van der Waals surface area (Å²) in [5.41, 5.74) is -4.30. The van der Waals surface area contributed by atoms with Gasteiger partial charge in [-0.25, -0.2) is 4.39 Å². The lowest BCUT2D eigenvalue weighted by Gasteiger charge is -2.07. The lowest BCUT2D eigenvalue weighted by molar-refractivity contribution is -0.116. The van der Waals surface area contributed by atoms with Crippen molar-refractivity contribution in [1.29, 1.82) is 0 Å². The lowest BCUT2D eigenvalue weighted by Crippen LogP contribution is -2.05. The fourth-order valence-corrected chi connectivity index (χ4v) is 1.93. The first kappa shape index (κ1) is 14.3. The van der Waals surface area contributed by atoms with E-state index in [-0.39, 0.29) is 28.5 Å². The van der Waals surface area contributed by atoms with Gasteiger partial charge in [0.2, 0.25) is 0 Å². The third-order valence-corrected chi connectivity index (χ3v) is 2.72. The highest BCUT2D eigenvalue weighted by atomic mass is 35.5. The van der Waals surface area contributed by atoms with Gasteiger partial charge >= 0.3 is 5.51 Å². The van der Waals surface area contributed by atoms with E-state index in [1.54, 1.807) is 0 Å². The Labute approximate surface area is 104 Å². The van der Waals surface area contributed by atoms with Gasteiger partial charge < -0.3 is 0 Å². The number of hydrogen-bond donors (Lipinski definition) is 0. The summed E-state index contributed by atoms with van der Waals surface area (Å²) in [5.74, 6) is -1.44. The van der Waals surface area contributed by atoms with E-state index in [1.165, 1.54) is 0 Å². The molecule has 94 valence electrons. The first-order chi connectivity index (χ1) is 7.80. The van der Waals surface area contributed by atoms with Crippen molar-refractivity contribution < 1.29 is 22.4 Å². The van der Waals surface area contributed by atoms with Crippen molar-refractivity contribution in [2.24, 2.45) is 0 Å². The van der Waals surface area contributed by atoms with Crippen molar-refractivity contribution in [3.8, 4) is 0 Å². The zero-order valence-corrected chi connectivity index (χ0v) is 9.93. The maximum Gasteiger partial charge on any atom is 0.446 e. The standard InChI is InChI=1S/C10H7ClF4OS/c11-5-8(16)2-6-1-7(12)4-9(3-6)17-10(13,14)15/h1,3-4H,2,5H2. The number of benzene rings is 1. The van der Waals surface area contributed by atoms with Crippen molar-refractivity contribution in [3.63, 3.8) is 0 Å². The predicted octanol–water partition coefficient (Wildman–Crippen LogP) is 3.79. The topological polar surface area (TPSA) is 17.1 Å². The molecule has 1 aromatic rings. The minimum atomic E-state index is -4.48. The van der Waals surface area contributed by atoms with Crippen LogP contribution in [0.25, 0.3) is 0 Å². The third kappa shape index (κ3) is 5.41. The van der Waals surface area contributed by atoms with Crippen LogP contribution < -0.4 is 0 Å². The number of ketones is 1. The van der Waals surface area contributed by atoms with Crippen molar-refractivity contribution >= 4 is 29.1 Å². The minimum Gasteiger partial charge on any atom is -0.298 e. The first-order valence-corrected chi connectivity index (χ1v) is 5.78. The van der Waals surface area contributed by atoms with E-state index in [4.69, 9.17) is 11.6 Å². The van der Waals surface area contributed by atoms with Crippen molar-refractivity contribution in [1.82, 2.24) is 0 Å². The number of carbonyl (C=O) groups is 1. The summed E-state index contributed by atoms with van der Waals surface area (Å²) in [5, 5.41) is 0. The smallest absolute Gasteiger partial charge is 0.298 e. The SMILES string of the molecule is O=C(CCl)Cc1cc(F)cc(SC(F)(F)F)c1. The Kier molecular flexibility index (Phi) is 4.82. The molecule has 0 saturated carbocycles. The Hall–Kier alpha value is -0.750. The molecule has 7 heteroatoms. The Morgan fingerprint density at radius 3 is 2.47 bits per heavy atom. The summed E-state index contributed by atoms with van der Waals surface area (Å²) in [4.78, 5) is 10.7. The molecular weight excluding hydrogens is 280 g/mol. The molecule has 1 nitrogen and oxygen atoms in total. The number of hydrogen-bond acceptors (Lipinski definition) is 2. The van der Waals surface area contributed by atoms with Crippen LogP contribution in [0.1, 0.15) is 5.56 Å². The van der Waals surface area contributed by atoms with Gasteiger partial charge in [-0.2, -0.15) is 13.2 Å². The zero-order valence-electron chi connectivity index (χ0n) is 8.35. The van der Waals surface area contributed by atoms with Gasteiger partial charge in [-0.15, -0.1) is 11.6 Å². The molecule has 0 aromatic heterocycles. The van der Waals surface area contributed by atoms with Crippen LogP contribution in [0.5, 0.6) is 0 Å². The first-order valence-electron chi connectivity index (χ1n) is 4.43. The monoisotopic (exact) mass is 286 g/mol. The molecule has 0 fully saturated rings. The molecule has 0 aliphatic rings. The van der Waals surface area contributed by atoms with E-state index < -0.39 is 23.1 Å². The molecule has 0 saturated heterocycles. The normalized spacial score (nSPS) is 11.6. The number of halogens is 5. The van der Waals surface area contributed by atoms with Gasteiger partial charge in [0.1, 0.15) is 5.82 Å². The number of rotatable bonds is 4. The highest BCUT2D eigenvalue weighted by Gasteiger charge is 2.29. The molecule has 0 radical (unpaired) electrons. The molecule has 0 aliphatic carbocycles. The summed E-state index contributed by atoms with van der Waals surface area (Å²) in [6.45, 7) is 0. The average molecular weight is 287 g/mol. The van der Waals surface area contributed by atoms with Crippen LogP contribution in [0.4, 0.5) is 17.6 Å². The Morgan fingerprint density at radius 1 is 1.29 bits per heavy atom. The second-order valence-corrected chi connectivity index (χ2v) is 4.60. The molecule has 0 bridgehead atoms. The molecule has 0 spiro atoms. The maximum absolute atomic E-state index is 13.0. The van der Waals surface area contributed by atoms with E-state index in [0.717, 1.165) is 18.2 Å². The molecule has 0 heterocycles. The van der Waals surface area contributed by atoms with Crippen LogP contribution in [-0.2, 0) is 11.2 Å². The van der Waals surface area contributed by atoms with Gasteiger partial charge in [0.05, 0.1) is 5.88 Å². The summed E-state index contributed by atoms with van der Waals surface area (Å²) in [7, 11) is 0. The highest BCUT2D eigenvalue weighted by Crippen LogP contribution is 2.37. The summed E-state index contributed by atoms with van der Waals surface area (Å²) in [6, 6.07) is 2.92. The number of alkyl halides is 4. The van der Waals surface area contributed by atoms with E-state index >= 15 is 0 Å². The van der Waals surface area contributed by atoms with Gasteiger partial charge in [-0.1, -0.05) is 0 Å². The van der Waals surface area contributed by atoms with Gasteiger partial charge in [0.15, 0.2) is 5.78 Å². The molecule has 0 aliphatic heterocycles. The van der Waals surface area contributed by atoms with Crippen LogP contribution in [-0.4, -0.2) is 17.2 Å². The fourth-order valence-electron chi connectivity index (χ4n) is 1.19. The molecule has 0 amide bonds. The van der Waals surface area contributed by atoms with Gasteiger partial charge in [0, 0.05) is 11.3 Å². The second kappa shape index (κ2) is 5.73. The minimum absolute atomic E-state index is 0.174. The van der Waals surface area contributed by atoms with Crippen LogP contribution in [0, 0.1) is 5.82 Å². The number of Topliss-reactive ketones (excluding diaryl/α,β-unsaturated/α-hetero) is 1. The Balaban J connectivity index is 2.90. The van der Waals surface area contributed by atoms with Gasteiger partial charge in [-0.3, -0.25) is 4.79 Å². The predicted molar refractivity (Wildman–Crippen MR) is 57.7 cm³/mol. The van der Waals surface area contributed by atoms with Crippen LogP contribution >= 0.6 is 23.4 Å².